The highest BCUT2D eigenvalue weighted by Gasteiger charge is 2.30. The molecule has 27 heavy (non-hydrogen) atoms. The number of para-hydroxylation sites is 1. The quantitative estimate of drug-likeness (QED) is 0.513. The van der Waals surface area contributed by atoms with E-state index in [9.17, 15) is 10.1 Å². The molecule has 2 aromatic heterocycles. The van der Waals surface area contributed by atoms with E-state index >= 15 is 0 Å². The van der Waals surface area contributed by atoms with E-state index in [0.29, 0.717) is 24.4 Å². The van der Waals surface area contributed by atoms with Crippen molar-refractivity contribution in [1.29, 1.82) is 0 Å². The summed E-state index contributed by atoms with van der Waals surface area (Å²) in [5.41, 5.74) is 0.393. The number of likely N-dealkylation sites (N-methyl/N-ethyl adjacent to an activating group) is 1. The standard InChI is InChI=1S/C18H18N6O3/c1-22-8-10-23(11-9-22)17-16(24(25)26)18(21-12-20-17)27-14-6-2-4-13-5-3-7-19-15(13)14/h2-7,12H,8-11H2,1H3. The fourth-order valence-electron chi connectivity index (χ4n) is 3.10. The third kappa shape index (κ3) is 3.36. The van der Waals surface area contributed by atoms with Gasteiger partial charge in [-0.25, -0.2) is 4.98 Å². The van der Waals surface area contributed by atoms with Crippen LogP contribution in [-0.2, 0) is 0 Å². The third-order valence-corrected chi connectivity index (χ3v) is 4.56. The number of nitro groups is 1. The van der Waals surface area contributed by atoms with E-state index in [4.69, 9.17) is 4.74 Å². The zero-order valence-electron chi connectivity index (χ0n) is 14.8. The third-order valence-electron chi connectivity index (χ3n) is 4.56. The molecule has 0 saturated carbocycles. The smallest absolute Gasteiger partial charge is 0.373 e. The highest BCUT2D eigenvalue weighted by Crippen LogP contribution is 2.37. The van der Waals surface area contributed by atoms with Gasteiger partial charge in [0.15, 0.2) is 5.75 Å². The monoisotopic (exact) mass is 366 g/mol. The van der Waals surface area contributed by atoms with Crippen LogP contribution in [0.1, 0.15) is 0 Å². The Labute approximate surface area is 155 Å². The summed E-state index contributed by atoms with van der Waals surface area (Å²) in [4.78, 5) is 27.9. The summed E-state index contributed by atoms with van der Waals surface area (Å²) in [6, 6.07) is 9.16. The molecule has 0 spiro atoms. The van der Waals surface area contributed by atoms with Gasteiger partial charge in [0, 0.05) is 37.8 Å². The van der Waals surface area contributed by atoms with Crippen molar-refractivity contribution in [2.45, 2.75) is 0 Å². The van der Waals surface area contributed by atoms with E-state index in [1.807, 2.05) is 36.2 Å². The van der Waals surface area contributed by atoms with Crippen LogP contribution in [-0.4, -0.2) is 58.0 Å². The number of hydrogen-bond acceptors (Lipinski definition) is 8. The van der Waals surface area contributed by atoms with E-state index < -0.39 is 4.92 Å². The minimum atomic E-state index is -0.485. The lowest BCUT2D eigenvalue weighted by Crippen LogP contribution is -2.45. The maximum Gasteiger partial charge on any atom is 0.373 e. The number of benzene rings is 1. The Bertz CT molecular complexity index is 982. The van der Waals surface area contributed by atoms with E-state index in [2.05, 4.69) is 19.9 Å². The number of hydrogen-bond donors (Lipinski definition) is 0. The summed E-state index contributed by atoms with van der Waals surface area (Å²) in [6.45, 7) is 2.93. The molecule has 1 fully saturated rings. The highest BCUT2D eigenvalue weighted by molar-refractivity contribution is 5.84. The largest absolute Gasteiger partial charge is 0.431 e. The summed E-state index contributed by atoms with van der Waals surface area (Å²) in [5.74, 6) is 0.618. The summed E-state index contributed by atoms with van der Waals surface area (Å²) in [6.07, 6.45) is 2.95. The number of fused-ring (bicyclic) bond motifs is 1. The van der Waals surface area contributed by atoms with Crippen molar-refractivity contribution in [2.75, 3.05) is 38.1 Å². The lowest BCUT2D eigenvalue weighted by Gasteiger charge is -2.32. The molecule has 0 aliphatic carbocycles. The van der Waals surface area contributed by atoms with Gasteiger partial charge in [-0.15, -0.1) is 0 Å². The minimum absolute atomic E-state index is 0.0814. The van der Waals surface area contributed by atoms with Crippen molar-refractivity contribution < 1.29 is 9.66 Å². The van der Waals surface area contributed by atoms with E-state index in [-0.39, 0.29) is 17.4 Å². The molecule has 0 bridgehead atoms. The highest BCUT2D eigenvalue weighted by atomic mass is 16.6. The Morgan fingerprint density at radius 1 is 1.07 bits per heavy atom. The molecule has 0 unspecified atom stereocenters. The predicted molar refractivity (Wildman–Crippen MR) is 100 cm³/mol. The Morgan fingerprint density at radius 3 is 2.63 bits per heavy atom. The Morgan fingerprint density at radius 2 is 1.85 bits per heavy atom. The van der Waals surface area contributed by atoms with E-state index in [1.54, 1.807) is 12.3 Å². The fourth-order valence-corrected chi connectivity index (χ4v) is 3.10. The fraction of sp³-hybridized carbons (Fsp3) is 0.278. The van der Waals surface area contributed by atoms with Crippen LogP contribution in [0.3, 0.4) is 0 Å². The average Bonchev–Trinajstić information content (AvgIpc) is 2.68. The molecule has 9 heteroatoms. The van der Waals surface area contributed by atoms with Gasteiger partial charge >= 0.3 is 11.6 Å². The molecule has 1 aliphatic heterocycles. The molecular formula is C18H18N6O3. The van der Waals surface area contributed by atoms with Gasteiger partial charge in [0.25, 0.3) is 0 Å². The predicted octanol–water partition coefficient (Wildman–Crippen LogP) is 2.48. The number of pyridine rings is 1. The van der Waals surface area contributed by atoms with Crippen LogP contribution < -0.4 is 9.64 Å². The van der Waals surface area contributed by atoms with Gasteiger partial charge in [0.05, 0.1) is 4.92 Å². The van der Waals surface area contributed by atoms with Crippen molar-refractivity contribution in [3.63, 3.8) is 0 Å². The van der Waals surface area contributed by atoms with Gasteiger partial charge in [-0.2, -0.15) is 4.98 Å². The molecule has 0 amide bonds. The zero-order chi connectivity index (χ0) is 18.8. The molecule has 138 valence electrons. The van der Waals surface area contributed by atoms with Crippen molar-refractivity contribution in [3.05, 3.63) is 53.0 Å². The second-order valence-electron chi connectivity index (χ2n) is 6.33. The molecule has 0 N–H and O–H groups in total. The minimum Gasteiger partial charge on any atom is -0.431 e. The zero-order valence-corrected chi connectivity index (χ0v) is 14.8. The van der Waals surface area contributed by atoms with Crippen molar-refractivity contribution in [3.8, 4) is 11.6 Å². The second-order valence-corrected chi connectivity index (χ2v) is 6.33. The van der Waals surface area contributed by atoms with Crippen LogP contribution in [0.4, 0.5) is 11.5 Å². The number of ether oxygens (including phenoxy) is 1. The lowest BCUT2D eigenvalue weighted by atomic mass is 10.2. The maximum atomic E-state index is 11.8. The van der Waals surface area contributed by atoms with Crippen LogP contribution in [0, 0.1) is 10.1 Å². The first-order chi connectivity index (χ1) is 13.1. The number of rotatable bonds is 4. The summed E-state index contributed by atoms with van der Waals surface area (Å²) in [7, 11) is 2.02. The normalized spacial score (nSPS) is 15.1. The van der Waals surface area contributed by atoms with Crippen molar-refractivity contribution >= 4 is 22.4 Å². The second kappa shape index (κ2) is 7.12. The maximum absolute atomic E-state index is 11.8. The van der Waals surface area contributed by atoms with Crippen LogP contribution in [0.25, 0.3) is 10.9 Å². The molecule has 0 atom stereocenters. The average molecular weight is 366 g/mol. The van der Waals surface area contributed by atoms with Gasteiger partial charge in [-0.05, 0) is 19.2 Å². The van der Waals surface area contributed by atoms with Gasteiger partial charge in [-0.3, -0.25) is 15.1 Å². The Balaban J connectivity index is 1.74. The molecule has 3 aromatic rings. The lowest BCUT2D eigenvalue weighted by molar-refractivity contribution is -0.385. The SMILES string of the molecule is CN1CCN(c2ncnc(Oc3cccc4cccnc34)c2[N+](=O)[O-])CC1. The number of nitrogens with zero attached hydrogens (tertiary/aromatic N) is 6. The van der Waals surface area contributed by atoms with Crippen LogP contribution >= 0.6 is 0 Å². The van der Waals surface area contributed by atoms with Crippen LogP contribution in [0.5, 0.6) is 11.6 Å². The van der Waals surface area contributed by atoms with E-state index in [1.165, 1.54) is 6.33 Å². The van der Waals surface area contributed by atoms with E-state index in [0.717, 1.165) is 18.5 Å². The van der Waals surface area contributed by atoms with Gasteiger partial charge in [-0.1, -0.05) is 18.2 Å². The molecule has 1 saturated heterocycles. The van der Waals surface area contributed by atoms with Gasteiger partial charge < -0.3 is 14.5 Å². The topological polar surface area (TPSA) is 97.5 Å². The van der Waals surface area contributed by atoms with Gasteiger partial charge in [0.2, 0.25) is 5.82 Å². The van der Waals surface area contributed by atoms with Gasteiger partial charge in [0.1, 0.15) is 11.8 Å². The molecule has 0 radical (unpaired) electrons. The first-order valence-electron chi connectivity index (χ1n) is 8.58. The molecule has 4 rings (SSSR count). The van der Waals surface area contributed by atoms with Crippen molar-refractivity contribution in [2.24, 2.45) is 0 Å². The Hall–Kier alpha value is -3.33. The van der Waals surface area contributed by atoms with Crippen molar-refractivity contribution in [1.82, 2.24) is 19.9 Å². The summed E-state index contributed by atoms with van der Waals surface area (Å²) >= 11 is 0. The molecule has 9 nitrogen and oxygen atoms in total. The molecule has 1 aromatic carbocycles. The number of anilines is 1. The first-order valence-corrected chi connectivity index (χ1v) is 8.58. The first kappa shape index (κ1) is 17.1. The summed E-state index contributed by atoms with van der Waals surface area (Å²) < 4.78 is 5.84. The molecule has 3 heterocycles. The van der Waals surface area contributed by atoms with Crippen LogP contribution in [0.2, 0.25) is 0 Å². The summed E-state index contributed by atoms with van der Waals surface area (Å²) in [5, 5.41) is 12.7. The number of piperazine rings is 1. The Kier molecular flexibility index (Phi) is 4.51. The van der Waals surface area contributed by atoms with Crippen LogP contribution in [0.15, 0.2) is 42.9 Å². The number of aromatic nitrogens is 3. The molecule has 1 aliphatic rings. The molecular weight excluding hydrogens is 348 g/mol.